The standard InChI is InChI=1S/C14H14O4/c15-14-11(5-6-16-14)7-10-1-3-12(4-2-10)17-8-13-9-18-13/h1-4,7,13H,5-6,8-9H2/b11-7+/t13-/m1/s1. The number of benzene rings is 1. The van der Waals surface area contributed by atoms with Gasteiger partial charge in [0.05, 0.1) is 13.2 Å². The van der Waals surface area contributed by atoms with Crippen LogP contribution in [0.4, 0.5) is 0 Å². The van der Waals surface area contributed by atoms with Crippen LogP contribution in [0.5, 0.6) is 5.75 Å². The normalized spacial score (nSPS) is 24.1. The van der Waals surface area contributed by atoms with E-state index in [4.69, 9.17) is 14.2 Å². The van der Waals surface area contributed by atoms with Crippen molar-refractivity contribution in [1.82, 2.24) is 0 Å². The third-order valence-electron chi connectivity index (χ3n) is 2.93. The summed E-state index contributed by atoms with van der Waals surface area (Å²) in [4.78, 5) is 11.3. The van der Waals surface area contributed by atoms with Crippen LogP contribution in [0, 0.1) is 0 Å². The Bertz CT molecular complexity index is 471. The molecule has 0 bridgehead atoms. The van der Waals surface area contributed by atoms with Crippen molar-refractivity contribution in [3.63, 3.8) is 0 Å². The van der Waals surface area contributed by atoms with Crippen molar-refractivity contribution in [2.75, 3.05) is 19.8 Å². The van der Waals surface area contributed by atoms with E-state index >= 15 is 0 Å². The third-order valence-corrected chi connectivity index (χ3v) is 2.93. The molecule has 2 fully saturated rings. The predicted molar refractivity (Wildman–Crippen MR) is 65.2 cm³/mol. The fourth-order valence-electron chi connectivity index (χ4n) is 1.79. The van der Waals surface area contributed by atoms with E-state index in [1.165, 1.54) is 0 Å². The smallest absolute Gasteiger partial charge is 0.334 e. The summed E-state index contributed by atoms with van der Waals surface area (Å²) in [5.41, 5.74) is 1.72. The monoisotopic (exact) mass is 246 g/mol. The van der Waals surface area contributed by atoms with Gasteiger partial charge >= 0.3 is 5.97 Å². The van der Waals surface area contributed by atoms with Crippen molar-refractivity contribution >= 4 is 12.0 Å². The number of hydrogen-bond donors (Lipinski definition) is 0. The minimum absolute atomic E-state index is 0.207. The second-order valence-corrected chi connectivity index (χ2v) is 4.39. The largest absolute Gasteiger partial charge is 0.491 e. The maximum Gasteiger partial charge on any atom is 0.334 e. The van der Waals surface area contributed by atoms with E-state index in [0.29, 0.717) is 19.6 Å². The molecule has 2 heterocycles. The van der Waals surface area contributed by atoms with Crippen LogP contribution in [0.25, 0.3) is 6.08 Å². The minimum atomic E-state index is -0.207. The van der Waals surface area contributed by atoms with Crippen LogP contribution in [0.1, 0.15) is 12.0 Å². The van der Waals surface area contributed by atoms with E-state index < -0.39 is 0 Å². The molecule has 18 heavy (non-hydrogen) atoms. The molecule has 94 valence electrons. The number of cyclic esters (lactones) is 1. The summed E-state index contributed by atoms with van der Waals surface area (Å²) < 4.78 is 15.5. The molecule has 0 radical (unpaired) electrons. The second kappa shape index (κ2) is 4.82. The van der Waals surface area contributed by atoms with E-state index in [2.05, 4.69) is 0 Å². The fraction of sp³-hybridized carbons (Fsp3) is 0.357. The van der Waals surface area contributed by atoms with Crippen molar-refractivity contribution < 1.29 is 19.0 Å². The molecule has 0 aromatic heterocycles. The molecule has 0 N–H and O–H groups in total. The highest BCUT2D eigenvalue weighted by atomic mass is 16.6. The first-order valence-electron chi connectivity index (χ1n) is 6.03. The number of ether oxygens (including phenoxy) is 3. The van der Waals surface area contributed by atoms with E-state index in [1.807, 2.05) is 30.3 Å². The van der Waals surface area contributed by atoms with Gasteiger partial charge in [-0.1, -0.05) is 12.1 Å². The minimum Gasteiger partial charge on any atom is -0.491 e. The highest BCUT2D eigenvalue weighted by Gasteiger charge is 2.23. The van der Waals surface area contributed by atoms with E-state index in [0.717, 1.165) is 23.5 Å². The van der Waals surface area contributed by atoms with Gasteiger partial charge in [0.2, 0.25) is 0 Å². The molecule has 1 aromatic carbocycles. The lowest BCUT2D eigenvalue weighted by Crippen LogP contribution is -2.03. The SMILES string of the molecule is O=C1OCC/C1=C\c1ccc(OC[C@@H]2CO2)cc1. The molecule has 2 aliphatic rings. The zero-order chi connectivity index (χ0) is 12.4. The number of epoxide rings is 1. The van der Waals surface area contributed by atoms with Crippen molar-refractivity contribution in [1.29, 1.82) is 0 Å². The van der Waals surface area contributed by atoms with Crippen molar-refractivity contribution in [3.8, 4) is 5.75 Å². The Labute approximate surface area is 105 Å². The molecule has 0 aliphatic carbocycles. The lowest BCUT2D eigenvalue weighted by molar-refractivity contribution is -0.134. The van der Waals surface area contributed by atoms with Gasteiger partial charge in [0.25, 0.3) is 0 Å². The van der Waals surface area contributed by atoms with E-state index in [1.54, 1.807) is 0 Å². The van der Waals surface area contributed by atoms with Gasteiger partial charge < -0.3 is 14.2 Å². The van der Waals surface area contributed by atoms with Crippen LogP contribution in [-0.4, -0.2) is 31.9 Å². The van der Waals surface area contributed by atoms with Gasteiger partial charge in [-0.15, -0.1) is 0 Å². The third kappa shape index (κ3) is 2.71. The maximum atomic E-state index is 11.3. The summed E-state index contributed by atoms with van der Waals surface area (Å²) in [6, 6.07) is 7.66. The molecule has 4 nitrogen and oxygen atoms in total. The fourth-order valence-corrected chi connectivity index (χ4v) is 1.79. The van der Waals surface area contributed by atoms with Crippen molar-refractivity contribution in [2.45, 2.75) is 12.5 Å². The Morgan fingerprint density at radius 1 is 1.33 bits per heavy atom. The van der Waals surface area contributed by atoms with Gasteiger partial charge in [0.1, 0.15) is 18.5 Å². The average Bonchev–Trinajstić information content (AvgIpc) is 3.13. The Hall–Kier alpha value is -1.81. The number of carbonyl (C=O) groups is 1. The number of hydrogen-bond acceptors (Lipinski definition) is 4. The lowest BCUT2D eigenvalue weighted by atomic mass is 10.1. The maximum absolute atomic E-state index is 11.3. The van der Waals surface area contributed by atoms with Crippen LogP contribution in [-0.2, 0) is 14.3 Å². The molecular weight excluding hydrogens is 232 g/mol. The molecule has 1 atom stereocenters. The highest BCUT2D eigenvalue weighted by molar-refractivity contribution is 5.95. The summed E-state index contributed by atoms with van der Waals surface area (Å²) in [6.07, 6.45) is 2.82. The Morgan fingerprint density at radius 3 is 2.72 bits per heavy atom. The lowest BCUT2D eigenvalue weighted by Gasteiger charge is -2.04. The van der Waals surface area contributed by atoms with Crippen molar-refractivity contribution in [3.05, 3.63) is 35.4 Å². The summed E-state index contributed by atoms with van der Waals surface area (Å²) in [7, 11) is 0. The van der Waals surface area contributed by atoms with Crippen LogP contribution in [0.2, 0.25) is 0 Å². The van der Waals surface area contributed by atoms with Crippen LogP contribution in [0.15, 0.2) is 29.8 Å². The summed E-state index contributed by atoms with van der Waals surface area (Å²) in [5, 5.41) is 0. The molecule has 0 unspecified atom stereocenters. The van der Waals surface area contributed by atoms with Gasteiger partial charge in [0, 0.05) is 12.0 Å². The average molecular weight is 246 g/mol. The Balaban J connectivity index is 1.64. The zero-order valence-corrected chi connectivity index (χ0v) is 9.93. The van der Waals surface area contributed by atoms with Gasteiger partial charge in [-0.25, -0.2) is 4.79 Å². The molecule has 3 rings (SSSR count). The first kappa shape index (κ1) is 11.3. The van der Waals surface area contributed by atoms with Gasteiger partial charge in [-0.3, -0.25) is 0 Å². The van der Waals surface area contributed by atoms with Crippen LogP contribution >= 0.6 is 0 Å². The van der Waals surface area contributed by atoms with Gasteiger partial charge in [-0.2, -0.15) is 0 Å². The molecule has 2 aliphatic heterocycles. The number of carbonyl (C=O) groups excluding carboxylic acids is 1. The molecule has 0 saturated carbocycles. The summed E-state index contributed by atoms with van der Waals surface area (Å²) in [6.45, 7) is 1.90. The Kier molecular flexibility index (Phi) is 3.02. The topological polar surface area (TPSA) is 48.1 Å². The summed E-state index contributed by atoms with van der Waals surface area (Å²) >= 11 is 0. The molecule has 0 spiro atoms. The van der Waals surface area contributed by atoms with E-state index in [9.17, 15) is 4.79 Å². The molecule has 0 amide bonds. The zero-order valence-electron chi connectivity index (χ0n) is 9.93. The van der Waals surface area contributed by atoms with Gasteiger partial charge in [0.15, 0.2) is 0 Å². The quantitative estimate of drug-likeness (QED) is 0.461. The molecule has 4 heteroatoms. The first-order chi connectivity index (χ1) is 8.81. The number of rotatable bonds is 4. The molecular formula is C14H14O4. The Morgan fingerprint density at radius 2 is 2.11 bits per heavy atom. The van der Waals surface area contributed by atoms with Crippen molar-refractivity contribution in [2.24, 2.45) is 0 Å². The second-order valence-electron chi connectivity index (χ2n) is 4.39. The van der Waals surface area contributed by atoms with E-state index in [-0.39, 0.29) is 12.1 Å². The molecule has 1 aromatic rings. The first-order valence-corrected chi connectivity index (χ1v) is 6.03. The predicted octanol–water partition coefficient (Wildman–Crippen LogP) is 1.79. The van der Waals surface area contributed by atoms with Gasteiger partial charge in [-0.05, 0) is 23.8 Å². The number of esters is 1. The summed E-state index contributed by atoms with van der Waals surface area (Å²) in [5.74, 6) is 0.614. The molecule has 2 saturated heterocycles. The highest BCUT2D eigenvalue weighted by Crippen LogP contribution is 2.20. The van der Waals surface area contributed by atoms with Crippen LogP contribution in [0.3, 0.4) is 0 Å². The van der Waals surface area contributed by atoms with Crippen LogP contribution < -0.4 is 4.74 Å².